The minimum Gasteiger partial charge on any atom is -0.337 e. The maximum Gasteiger partial charge on any atom is 0.432 e. The van der Waals surface area contributed by atoms with Gasteiger partial charge in [0, 0.05) is 25.1 Å². The number of amides is 1. The van der Waals surface area contributed by atoms with Gasteiger partial charge in [0.05, 0.1) is 0 Å². The monoisotopic (exact) mass is 314 g/mol. The number of likely N-dealkylation sites (tertiary alicyclic amines) is 1. The topological polar surface area (TPSA) is 90.6 Å². The average Bonchev–Trinajstić information content (AvgIpc) is 3.17. The number of halogens is 3. The number of hydrogen-bond acceptors (Lipinski definition) is 4. The second-order valence-electron chi connectivity index (χ2n) is 5.13. The molecule has 10 heteroatoms. The van der Waals surface area contributed by atoms with Crippen molar-refractivity contribution < 1.29 is 18.0 Å². The van der Waals surface area contributed by atoms with Gasteiger partial charge in [-0.1, -0.05) is 0 Å². The third kappa shape index (κ3) is 2.81. The molecule has 118 valence electrons. The van der Waals surface area contributed by atoms with Crippen LogP contribution in [-0.4, -0.2) is 49.3 Å². The molecule has 2 aromatic heterocycles. The van der Waals surface area contributed by atoms with Gasteiger partial charge in [-0.25, -0.2) is 4.98 Å². The molecule has 22 heavy (non-hydrogen) atoms. The molecule has 0 bridgehead atoms. The lowest BCUT2D eigenvalue weighted by atomic mass is 9.97. The molecule has 1 unspecified atom stereocenters. The van der Waals surface area contributed by atoms with Crippen LogP contribution in [0.2, 0.25) is 0 Å². The van der Waals surface area contributed by atoms with Crippen LogP contribution in [0.1, 0.15) is 40.8 Å². The minimum atomic E-state index is -4.55. The Morgan fingerprint density at radius 2 is 2.18 bits per heavy atom. The normalized spacial score (nSPS) is 19.4. The van der Waals surface area contributed by atoms with E-state index in [2.05, 4.69) is 20.3 Å². The predicted octanol–water partition coefficient (Wildman–Crippen LogP) is 1.57. The van der Waals surface area contributed by atoms with Crippen LogP contribution in [-0.2, 0) is 6.18 Å². The van der Waals surface area contributed by atoms with Crippen molar-refractivity contribution >= 4 is 5.91 Å². The Kier molecular flexibility index (Phi) is 3.59. The largest absolute Gasteiger partial charge is 0.432 e. The van der Waals surface area contributed by atoms with Crippen molar-refractivity contribution in [1.29, 1.82) is 0 Å². The van der Waals surface area contributed by atoms with E-state index < -0.39 is 17.8 Å². The summed E-state index contributed by atoms with van der Waals surface area (Å²) in [6, 6.07) is 0.737. The van der Waals surface area contributed by atoms with Crippen molar-refractivity contribution in [2.24, 2.45) is 0 Å². The molecule has 1 saturated heterocycles. The standard InChI is InChI=1S/C12H13F3N6O/c13-12(14,15)9-4-8(18-19-9)11(22)21-3-1-2-7(5-21)10-16-6-17-20-10/h4,6-7H,1-3,5H2,(H,18,19)(H,16,17,20). The van der Waals surface area contributed by atoms with Crippen LogP contribution in [0.4, 0.5) is 13.2 Å². The van der Waals surface area contributed by atoms with E-state index in [1.54, 1.807) is 0 Å². The number of aromatic nitrogens is 5. The van der Waals surface area contributed by atoms with Crippen LogP contribution in [0.25, 0.3) is 0 Å². The van der Waals surface area contributed by atoms with Crippen molar-refractivity contribution in [3.63, 3.8) is 0 Å². The van der Waals surface area contributed by atoms with Gasteiger partial charge in [-0.15, -0.1) is 0 Å². The summed E-state index contributed by atoms with van der Waals surface area (Å²) in [6.45, 7) is 0.861. The fourth-order valence-electron chi connectivity index (χ4n) is 2.53. The molecule has 3 heterocycles. The van der Waals surface area contributed by atoms with Crippen LogP contribution >= 0.6 is 0 Å². The lowest BCUT2D eigenvalue weighted by Gasteiger charge is -2.31. The number of carbonyl (C=O) groups is 1. The van der Waals surface area contributed by atoms with Gasteiger partial charge in [0.1, 0.15) is 17.8 Å². The number of nitrogens with one attached hydrogen (secondary N) is 2. The number of carbonyl (C=O) groups excluding carboxylic acids is 1. The zero-order valence-electron chi connectivity index (χ0n) is 11.4. The number of H-pyrrole nitrogens is 2. The first kappa shape index (κ1) is 14.5. The third-order valence-corrected chi connectivity index (χ3v) is 3.63. The summed E-state index contributed by atoms with van der Waals surface area (Å²) in [7, 11) is 0. The molecular formula is C12H13F3N6O. The van der Waals surface area contributed by atoms with E-state index in [4.69, 9.17) is 0 Å². The third-order valence-electron chi connectivity index (χ3n) is 3.63. The highest BCUT2D eigenvalue weighted by Gasteiger charge is 2.35. The molecule has 7 nitrogen and oxygen atoms in total. The smallest absolute Gasteiger partial charge is 0.337 e. The Hall–Kier alpha value is -2.39. The summed E-state index contributed by atoms with van der Waals surface area (Å²) in [5.41, 5.74) is -1.26. The van der Waals surface area contributed by atoms with Crippen molar-refractivity contribution in [3.05, 3.63) is 29.6 Å². The summed E-state index contributed by atoms with van der Waals surface area (Å²) in [6.07, 6.45) is -1.57. The lowest BCUT2D eigenvalue weighted by molar-refractivity contribution is -0.141. The van der Waals surface area contributed by atoms with Crippen LogP contribution in [0.15, 0.2) is 12.4 Å². The molecule has 0 spiro atoms. The van der Waals surface area contributed by atoms with E-state index in [0.717, 1.165) is 18.9 Å². The SMILES string of the molecule is O=C(c1cc(C(F)(F)F)[nH]n1)N1CCCC(c2ncn[nH]2)C1. The number of piperidine rings is 1. The molecule has 1 fully saturated rings. The van der Waals surface area contributed by atoms with E-state index in [0.29, 0.717) is 18.9 Å². The van der Waals surface area contributed by atoms with Crippen LogP contribution in [0.3, 0.4) is 0 Å². The molecule has 1 atom stereocenters. The van der Waals surface area contributed by atoms with Crippen molar-refractivity contribution in [2.45, 2.75) is 24.9 Å². The van der Waals surface area contributed by atoms with Gasteiger partial charge in [0.25, 0.3) is 5.91 Å². The van der Waals surface area contributed by atoms with Gasteiger partial charge in [-0.3, -0.25) is 15.0 Å². The van der Waals surface area contributed by atoms with E-state index in [1.165, 1.54) is 11.2 Å². The molecule has 0 radical (unpaired) electrons. The molecule has 1 aliphatic rings. The number of hydrogen-bond donors (Lipinski definition) is 2. The van der Waals surface area contributed by atoms with Crippen molar-refractivity contribution in [2.75, 3.05) is 13.1 Å². The molecule has 3 rings (SSSR count). The van der Waals surface area contributed by atoms with Gasteiger partial charge < -0.3 is 4.90 Å². The molecule has 0 aliphatic carbocycles. The summed E-state index contributed by atoms with van der Waals surface area (Å²) in [4.78, 5) is 17.8. The van der Waals surface area contributed by atoms with E-state index in [1.807, 2.05) is 5.10 Å². The average molecular weight is 314 g/mol. The number of nitrogens with zero attached hydrogens (tertiary/aromatic N) is 4. The molecule has 0 aromatic carbocycles. The quantitative estimate of drug-likeness (QED) is 0.880. The molecule has 2 aromatic rings. The van der Waals surface area contributed by atoms with Crippen LogP contribution in [0.5, 0.6) is 0 Å². The molecular weight excluding hydrogens is 301 g/mol. The Morgan fingerprint density at radius 3 is 2.82 bits per heavy atom. The maximum atomic E-state index is 12.5. The summed E-state index contributed by atoms with van der Waals surface area (Å²) >= 11 is 0. The second-order valence-corrected chi connectivity index (χ2v) is 5.13. The highest BCUT2D eigenvalue weighted by Crippen LogP contribution is 2.29. The van der Waals surface area contributed by atoms with Crippen molar-refractivity contribution in [1.82, 2.24) is 30.3 Å². The van der Waals surface area contributed by atoms with Crippen molar-refractivity contribution in [3.8, 4) is 0 Å². The minimum absolute atomic E-state index is 0.00114. The number of rotatable bonds is 2. The van der Waals surface area contributed by atoms with E-state index >= 15 is 0 Å². The number of alkyl halides is 3. The van der Waals surface area contributed by atoms with Gasteiger partial charge in [-0.2, -0.15) is 23.4 Å². The van der Waals surface area contributed by atoms with Crippen LogP contribution in [0, 0.1) is 0 Å². The van der Waals surface area contributed by atoms with Gasteiger partial charge in [0.15, 0.2) is 5.69 Å². The van der Waals surface area contributed by atoms with E-state index in [9.17, 15) is 18.0 Å². The number of aromatic amines is 2. The zero-order valence-corrected chi connectivity index (χ0v) is 11.4. The Bertz CT molecular complexity index is 650. The zero-order chi connectivity index (χ0) is 15.7. The van der Waals surface area contributed by atoms with Gasteiger partial charge >= 0.3 is 6.18 Å². The van der Waals surface area contributed by atoms with Gasteiger partial charge in [-0.05, 0) is 12.8 Å². The lowest BCUT2D eigenvalue weighted by Crippen LogP contribution is -2.39. The first-order valence-electron chi connectivity index (χ1n) is 6.72. The fraction of sp³-hybridized carbons (Fsp3) is 0.500. The Balaban J connectivity index is 1.73. The second kappa shape index (κ2) is 5.43. The summed E-state index contributed by atoms with van der Waals surface area (Å²) in [5, 5.41) is 11.9. The highest BCUT2D eigenvalue weighted by molar-refractivity contribution is 5.92. The molecule has 1 aliphatic heterocycles. The summed E-state index contributed by atoms with van der Waals surface area (Å²) in [5.74, 6) is 0.160. The molecule has 2 N–H and O–H groups in total. The van der Waals surface area contributed by atoms with E-state index in [-0.39, 0.29) is 11.6 Å². The summed E-state index contributed by atoms with van der Waals surface area (Å²) < 4.78 is 37.6. The Morgan fingerprint density at radius 1 is 1.36 bits per heavy atom. The first-order chi connectivity index (χ1) is 10.4. The predicted molar refractivity (Wildman–Crippen MR) is 67.9 cm³/mol. The highest BCUT2D eigenvalue weighted by atomic mass is 19.4. The fourth-order valence-corrected chi connectivity index (χ4v) is 2.53. The molecule has 0 saturated carbocycles. The molecule has 1 amide bonds. The van der Waals surface area contributed by atoms with Crippen LogP contribution < -0.4 is 0 Å². The first-order valence-corrected chi connectivity index (χ1v) is 6.72. The maximum absolute atomic E-state index is 12.5. The van der Waals surface area contributed by atoms with Gasteiger partial charge in [0.2, 0.25) is 0 Å². The Labute approximate surface area is 122 Å².